The van der Waals surface area contributed by atoms with Crippen molar-refractivity contribution in [3.8, 4) is 5.75 Å². The summed E-state index contributed by atoms with van der Waals surface area (Å²) in [5.74, 6) is 0.653. The molecule has 0 bridgehead atoms. The smallest absolute Gasteiger partial charge is 0.123 e. The molecule has 2 heteroatoms. The number of unbranched alkanes of at least 4 members (excludes halogenated alkanes) is 1. The summed E-state index contributed by atoms with van der Waals surface area (Å²) in [6, 6.07) is 9.34. The van der Waals surface area contributed by atoms with Crippen molar-refractivity contribution in [3.63, 3.8) is 0 Å². The SMILES string of the molecule is CCCCc1cc(C(CCC)c2cc(CCCO)cc(C(C)(C)CC)c2C)c(O)c(C(C)(C)CC)c1. The summed E-state index contributed by atoms with van der Waals surface area (Å²) >= 11 is 0. The third-order valence-electron chi connectivity index (χ3n) is 8.70. The number of phenols is 1. The Labute approximate surface area is 222 Å². The van der Waals surface area contributed by atoms with Crippen LogP contribution >= 0.6 is 0 Å². The summed E-state index contributed by atoms with van der Waals surface area (Å²) < 4.78 is 0. The predicted octanol–water partition coefficient (Wildman–Crippen LogP) is 9.28. The van der Waals surface area contributed by atoms with Crippen molar-refractivity contribution in [1.29, 1.82) is 0 Å². The monoisotopic (exact) mass is 494 g/mol. The van der Waals surface area contributed by atoms with Crippen LogP contribution in [0.25, 0.3) is 0 Å². The first-order valence-electron chi connectivity index (χ1n) is 14.6. The molecule has 1 unspecified atom stereocenters. The van der Waals surface area contributed by atoms with E-state index in [1.807, 2.05) is 0 Å². The molecule has 2 N–H and O–H groups in total. The molecule has 0 aliphatic heterocycles. The molecule has 0 spiro atoms. The Morgan fingerprint density at radius 1 is 0.722 bits per heavy atom. The Balaban J connectivity index is 2.86. The second kappa shape index (κ2) is 13.1. The molecular weight excluding hydrogens is 440 g/mol. The first-order chi connectivity index (χ1) is 17.0. The van der Waals surface area contributed by atoms with Gasteiger partial charge in [0.2, 0.25) is 0 Å². The number of aromatic hydroxyl groups is 1. The van der Waals surface area contributed by atoms with Gasteiger partial charge in [-0.15, -0.1) is 0 Å². The van der Waals surface area contributed by atoms with Gasteiger partial charge in [-0.3, -0.25) is 0 Å². The Morgan fingerprint density at radius 3 is 1.78 bits per heavy atom. The maximum atomic E-state index is 11.8. The molecule has 0 amide bonds. The van der Waals surface area contributed by atoms with Crippen molar-refractivity contribution in [3.05, 3.63) is 63.2 Å². The lowest BCUT2D eigenvalue weighted by molar-refractivity contribution is 0.288. The van der Waals surface area contributed by atoms with Crippen LogP contribution in [0.3, 0.4) is 0 Å². The highest BCUT2D eigenvalue weighted by Gasteiger charge is 2.30. The maximum absolute atomic E-state index is 11.8. The fourth-order valence-corrected chi connectivity index (χ4v) is 5.47. The largest absolute Gasteiger partial charge is 0.507 e. The van der Waals surface area contributed by atoms with Gasteiger partial charge in [-0.05, 0) is 90.5 Å². The van der Waals surface area contributed by atoms with E-state index in [1.54, 1.807) is 0 Å². The van der Waals surface area contributed by atoms with Crippen molar-refractivity contribution in [2.45, 2.75) is 137 Å². The highest BCUT2D eigenvalue weighted by Crippen LogP contribution is 2.45. The van der Waals surface area contributed by atoms with Crippen LogP contribution in [-0.4, -0.2) is 16.8 Å². The average molecular weight is 495 g/mol. The molecule has 2 aromatic rings. The van der Waals surface area contributed by atoms with Gasteiger partial charge in [0.1, 0.15) is 5.75 Å². The quantitative estimate of drug-likeness (QED) is 0.275. The molecule has 0 radical (unpaired) electrons. The lowest BCUT2D eigenvalue weighted by Gasteiger charge is -2.32. The second-order valence-corrected chi connectivity index (χ2v) is 12.2. The molecule has 0 fully saturated rings. The van der Waals surface area contributed by atoms with E-state index in [-0.39, 0.29) is 23.4 Å². The van der Waals surface area contributed by atoms with Crippen LogP contribution in [0.2, 0.25) is 0 Å². The average Bonchev–Trinajstić information content (AvgIpc) is 2.86. The van der Waals surface area contributed by atoms with E-state index < -0.39 is 0 Å². The molecule has 2 aromatic carbocycles. The van der Waals surface area contributed by atoms with Gasteiger partial charge >= 0.3 is 0 Å². The number of aryl methyl sites for hydroxylation is 2. The normalized spacial score (nSPS) is 13.3. The molecule has 0 aliphatic carbocycles. The Morgan fingerprint density at radius 2 is 1.25 bits per heavy atom. The Hall–Kier alpha value is -1.80. The number of rotatable bonds is 14. The van der Waals surface area contributed by atoms with Crippen LogP contribution in [0.15, 0.2) is 24.3 Å². The molecule has 2 rings (SSSR count). The van der Waals surface area contributed by atoms with E-state index in [0.717, 1.165) is 56.1 Å². The van der Waals surface area contributed by atoms with Gasteiger partial charge in [-0.2, -0.15) is 0 Å². The standard InChI is InChI=1S/C34H54O2/c1-10-14-17-25-21-29(32(36)31(23-25)34(8,9)13-4)27(16-11-2)28-20-26(18-15-19-35)22-30(24(28)5)33(6,7)12-3/h20-23,27,35-36H,10-19H2,1-9H3. The number of hydrogen-bond donors (Lipinski definition) is 2. The van der Waals surface area contributed by atoms with Crippen LogP contribution in [-0.2, 0) is 23.7 Å². The first kappa shape index (κ1) is 30.4. The van der Waals surface area contributed by atoms with E-state index in [4.69, 9.17) is 0 Å². The van der Waals surface area contributed by atoms with E-state index in [2.05, 4.69) is 86.6 Å². The third kappa shape index (κ3) is 6.94. The summed E-state index contributed by atoms with van der Waals surface area (Å²) in [5, 5.41) is 21.3. The van der Waals surface area contributed by atoms with Gasteiger partial charge in [0.15, 0.2) is 0 Å². The fourth-order valence-electron chi connectivity index (χ4n) is 5.47. The molecule has 0 saturated carbocycles. The summed E-state index contributed by atoms with van der Waals surface area (Å²) in [5.41, 5.74) is 8.98. The van der Waals surface area contributed by atoms with Crippen molar-refractivity contribution in [2.75, 3.05) is 6.61 Å². The Bertz CT molecular complexity index is 906. The molecule has 0 heterocycles. The zero-order valence-corrected chi connectivity index (χ0v) is 24.9. The summed E-state index contributed by atoms with van der Waals surface area (Å²) in [6.45, 7) is 20.7. The molecule has 202 valence electrons. The zero-order valence-electron chi connectivity index (χ0n) is 24.9. The van der Waals surface area contributed by atoms with Gasteiger partial charge < -0.3 is 10.2 Å². The van der Waals surface area contributed by atoms with Gasteiger partial charge in [0.05, 0.1) is 0 Å². The van der Waals surface area contributed by atoms with Crippen LogP contribution in [0.4, 0.5) is 0 Å². The summed E-state index contributed by atoms with van der Waals surface area (Å²) in [6.07, 6.45) is 9.17. The molecule has 0 aromatic heterocycles. The Kier molecular flexibility index (Phi) is 11.1. The van der Waals surface area contributed by atoms with Crippen LogP contribution < -0.4 is 0 Å². The highest BCUT2D eigenvalue weighted by atomic mass is 16.3. The van der Waals surface area contributed by atoms with E-state index >= 15 is 0 Å². The minimum Gasteiger partial charge on any atom is -0.507 e. The minimum absolute atomic E-state index is 0.0746. The minimum atomic E-state index is -0.0782. The predicted molar refractivity (Wildman–Crippen MR) is 157 cm³/mol. The molecular formula is C34H54O2. The number of aliphatic hydroxyl groups is 1. The van der Waals surface area contributed by atoms with Gasteiger partial charge in [0, 0.05) is 23.7 Å². The van der Waals surface area contributed by atoms with E-state index in [9.17, 15) is 10.2 Å². The maximum Gasteiger partial charge on any atom is 0.123 e. The van der Waals surface area contributed by atoms with Crippen molar-refractivity contribution >= 4 is 0 Å². The fraction of sp³-hybridized carbons (Fsp3) is 0.647. The van der Waals surface area contributed by atoms with Gasteiger partial charge in [-0.1, -0.05) is 92.5 Å². The topological polar surface area (TPSA) is 40.5 Å². The molecule has 36 heavy (non-hydrogen) atoms. The number of hydrogen-bond acceptors (Lipinski definition) is 2. The molecule has 0 saturated heterocycles. The lowest BCUT2D eigenvalue weighted by Crippen LogP contribution is -2.20. The second-order valence-electron chi connectivity index (χ2n) is 12.2. The number of phenolic OH excluding ortho intramolecular Hbond substituents is 1. The summed E-state index contributed by atoms with van der Waals surface area (Å²) in [4.78, 5) is 0. The molecule has 0 aliphatic rings. The molecule has 1 atom stereocenters. The van der Waals surface area contributed by atoms with E-state index in [0.29, 0.717) is 5.75 Å². The molecule has 2 nitrogen and oxygen atoms in total. The van der Waals surface area contributed by atoms with Crippen molar-refractivity contribution in [2.24, 2.45) is 0 Å². The van der Waals surface area contributed by atoms with Gasteiger partial charge in [-0.25, -0.2) is 0 Å². The van der Waals surface area contributed by atoms with Gasteiger partial charge in [0.25, 0.3) is 0 Å². The third-order valence-corrected chi connectivity index (χ3v) is 8.70. The zero-order chi connectivity index (χ0) is 27.1. The van der Waals surface area contributed by atoms with Crippen LogP contribution in [0, 0.1) is 6.92 Å². The lowest BCUT2D eigenvalue weighted by atomic mass is 9.73. The van der Waals surface area contributed by atoms with Crippen LogP contribution in [0.1, 0.15) is 145 Å². The van der Waals surface area contributed by atoms with Crippen molar-refractivity contribution in [1.82, 2.24) is 0 Å². The van der Waals surface area contributed by atoms with Crippen molar-refractivity contribution < 1.29 is 10.2 Å². The first-order valence-corrected chi connectivity index (χ1v) is 14.6. The van der Waals surface area contributed by atoms with E-state index in [1.165, 1.54) is 40.7 Å². The number of benzene rings is 2. The highest BCUT2D eigenvalue weighted by molar-refractivity contribution is 5.54. The number of aliphatic hydroxyl groups excluding tert-OH is 1. The van der Waals surface area contributed by atoms with Crippen LogP contribution in [0.5, 0.6) is 5.75 Å². The summed E-state index contributed by atoms with van der Waals surface area (Å²) in [7, 11) is 0.